The zero-order chi connectivity index (χ0) is 23.1. The third-order valence-corrected chi connectivity index (χ3v) is 7.29. The van der Waals surface area contributed by atoms with Gasteiger partial charge in [0.05, 0.1) is 18.0 Å². The van der Waals surface area contributed by atoms with Gasteiger partial charge in [-0.05, 0) is 68.1 Å². The van der Waals surface area contributed by atoms with Crippen LogP contribution in [-0.2, 0) is 11.3 Å². The number of nitrogens with zero attached hydrogens (tertiary/aromatic N) is 2. The van der Waals surface area contributed by atoms with Gasteiger partial charge in [-0.25, -0.2) is 17.7 Å². The lowest BCUT2D eigenvalue weighted by Gasteiger charge is -2.27. The van der Waals surface area contributed by atoms with Gasteiger partial charge in [-0.3, -0.25) is 9.45 Å². The maximum Gasteiger partial charge on any atom is 0.341 e. The first-order valence-corrected chi connectivity index (χ1v) is 12.1. The van der Waals surface area contributed by atoms with Crippen molar-refractivity contribution in [1.82, 2.24) is 4.90 Å². The molecule has 2 N–H and O–H groups in total. The van der Waals surface area contributed by atoms with Crippen LogP contribution in [0.5, 0.6) is 5.75 Å². The number of hydrogen-bond donors (Lipinski definition) is 2. The number of anilines is 2. The molecule has 33 heavy (non-hydrogen) atoms. The van der Waals surface area contributed by atoms with E-state index >= 15 is 0 Å². The third kappa shape index (κ3) is 4.28. The average Bonchev–Trinajstić information content (AvgIpc) is 3.40. The molecule has 2 heterocycles. The summed E-state index contributed by atoms with van der Waals surface area (Å²) < 4.78 is 43.6. The van der Waals surface area contributed by atoms with Crippen molar-refractivity contribution >= 4 is 34.7 Å². The van der Waals surface area contributed by atoms with Gasteiger partial charge in [-0.1, -0.05) is 18.2 Å². The number of carbonyl (C=O) groups is 1. The third-order valence-electron chi connectivity index (χ3n) is 6.59. The van der Waals surface area contributed by atoms with Gasteiger partial charge in [-0.15, -0.1) is 0 Å². The second-order valence-electron chi connectivity index (χ2n) is 8.73. The summed E-state index contributed by atoms with van der Waals surface area (Å²) >= 11 is -2.61. The van der Waals surface area contributed by atoms with Crippen molar-refractivity contribution in [3.8, 4) is 5.75 Å². The molecule has 2 fully saturated rings. The SMILES string of the molecule is O=C(O)c1c(N(c2ccc(F)cc2C=CCN2CCCC2)S(=O)O)ccc2c1OCC1CC21. The van der Waals surface area contributed by atoms with Crippen molar-refractivity contribution in [3.63, 3.8) is 0 Å². The Labute approximate surface area is 193 Å². The van der Waals surface area contributed by atoms with Crippen LogP contribution in [0.15, 0.2) is 36.4 Å². The summed E-state index contributed by atoms with van der Waals surface area (Å²) in [6.07, 6.45) is 6.85. The lowest BCUT2D eigenvalue weighted by molar-refractivity contribution is 0.0692. The lowest BCUT2D eigenvalue weighted by Crippen LogP contribution is -2.24. The van der Waals surface area contributed by atoms with Gasteiger partial charge in [0, 0.05) is 18.0 Å². The van der Waals surface area contributed by atoms with Crippen molar-refractivity contribution in [2.75, 3.05) is 30.5 Å². The van der Waals surface area contributed by atoms with Crippen LogP contribution >= 0.6 is 0 Å². The average molecular weight is 473 g/mol. The van der Waals surface area contributed by atoms with Crippen LogP contribution in [0.4, 0.5) is 15.8 Å². The van der Waals surface area contributed by atoms with Crippen LogP contribution in [0.1, 0.15) is 46.7 Å². The molecule has 174 valence electrons. The molecule has 2 aromatic carbocycles. The van der Waals surface area contributed by atoms with Crippen molar-refractivity contribution < 1.29 is 27.8 Å². The van der Waals surface area contributed by atoms with E-state index in [0.717, 1.165) is 42.2 Å². The van der Waals surface area contributed by atoms with Crippen LogP contribution < -0.4 is 9.04 Å². The van der Waals surface area contributed by atoms with Crippen molar-refractivity contribution in [2.45, 2.75) is 25.2 Å². The largest absolute Gasteiger partial charge is 0.492 e. The van der Waals surface area contributed by atoms with Gasteiger partial charge in [0.1, 0.15) is 17.1 Å². The Morgan fingerprint density at radius 2 is 2.00 bits per heavy atom. The Morgan fingerprint density at radius 1 is 1.24 bits per heavy atom. The topological polar surface area (TPSA) is 90.3 Å². The number of likely N-dealkylation sites (tertiary alicyclic amines) is 1. The number of carboxylic acids is 1. The Balaban J connectivity index is 1.57. The molecule has 7 nitrogen and oxygen atoms in total. The molecule has 5 rings (SSSR count). The van der Waals surface area contributed by atoms with Crippen LogP contribution in [0, 0.1) is 11.7 Å². The van der Waals surface area contributed by atoms with Gasteiger partial charge < -0.3 is 9.84 Å². The van der Waals surface area contributed by atoms with Crippen molar-refractivity contribution in [1.29, 1.82) is 0 Å². The van der Waals surface area contributed by atoms with Crippen LogP contribution in [0.25, 0.3) is 6.08 Å². The maximum atomic E-state index is 14.1. The summed E-state index contributed by atoms with van der Waals surface area (Å²) in [6.45, 7) is 3.14. The molecule has 0 radical (unpaired) electrons. The van der Waals surface area contributed by atoms with Crippen LogP contribution in [0.3, 0.4) is 0 Å². The van der Waals surface area contributed by atoms with E-state index in [1.807, 2.05) is 6.08 Å². The second kappa shape index (κ2) is 8.89. The highest BCUT2D eigenvalue weighted by Crippen LogP contribution is 2.56. The Morgan fingerprint density at radius 3 is 2.73 bits per heavy atom. The van der Waals surface area contributed by atoms with Crippen LogP contribution in [0.2, 0.25) is 0 Å². The first kappa shape index (κ1) is 22.1. The fourth-order valence-corrected chi connectivity index (χ4v) is 5.51. The Bertz CT molecular complexity index is 1150. The van der Waals surface area contributed by atoms with Crippen molar-refractivity contribution in [3.05, 3.63) is 58.9 Å². The second-order valence-corrected chi connectivity index (χ2v) is 9.56. The number of aromatic carboxylic acids is 1. The molecule has 2 aliphatic heterocycles. The monoisotopic (exact) mass is 472 g/mol. The van der Waals surface area contributed by atoms with E-state index in [0.29, 0.717) is 24.6 Å². The smallest absolute Gasteiger partial charge is 0.341 e. The highest BCUT2D eigenvalue weighted by Gasteiger charge is 2.45. The summed E-state index contributed by atoms with van der Waals surface area (Å²) in [5.74, 6) is -0.816. The molecule has 9 heteroatoms. The molecule has 2 aromatic rings. The Kier molecular flexibility index (Phi) is 5.94. The number of carboxylic acid groups (broad SMARTS) is 1. The van der Waals surface area contributed by atoms with Gasteiger partial charge in [-0.2, -0.15) is 0 Å². The van der Waals surface area contributed by atoms with Gasteiger partial charge in [0.2, 0.25) is 0 Å². The molecule has 0 spiro atoms. The number of fused-ring (bicyclic) bond motifs is 3. The number of benzene rings is 2. The molecular weight excluding hydrogens is 447 g/mol. The number of halogens is 1. The zero-order valence-corrected chi connectivity index (χ0v) is 18.8. The minimum Gasteiger partial charge on any atom is -0.492 e. The molecule has 3 atom stereocenters. The number of ether oxygens (including phenoxy) is 1. The number of rotatable bonds is 7. The standard InChI is InChI=1S/C24H25FN2O5S/c25-17-5-7-20(15(12-17)4-3-11-26-9-1-2-10-26)27(33(30)31)21-8-6-18-19-13-16(19)14-32-23(18)22(21)24(28)29/h3-8,12,16,19H,1-2,9-11,13-14H2,(H,28,29)(H,30,31). The van der Waals surface area contributed by atoms with Crippen molar-refractivity contribution in [2.24, 2.45) is 5.92 Å². The van der Waals surface area contributed by atoms with E-state index in [1.165, 1.54) is 18.2 Å². The minimum absolute atomic E-state index is 0.0296. The normalized spacial score (nSPS) is 22.5. The lowest BCUT2D eigenvalue weighted by atomic mass is 9.99. The molecule has 1 aliphatic carbocycles. The minimum atomic E-state index is -2.61. The first-order chi connectivity index (χ1) is 15.9. The quantitative estimate of drug-likeness (QED) is 0.581. The molecule has 0 amide bonds. The molecule has 0 bridgehead atoms. The van der Waals surface area contributed by atoms with Gasteiger partial charge in [0.25, 0.3) is 11.3 Å². The van der Waals surface area contributed by atoms with E-state index < -0.39 is 23.1 Å². The molecule has 1 saturated heterocycles. The maximum absolute atomic E-state index is 14.1. The van der Waals surface area contributed by atoms with E-state index in [4.69, 9.17) is 4.74 Å². The summed E-state index contributed by atoms with van der Waals surface area (Å²) in [7, 11) is 0. The van der Waals surface area contributed by atoms with E-state index in [9.17, 15) is 23.1 Å². The van der Waals surface area contributed by atoms with E-state index in [-0.39, 0.29) is 28.6 Å². The van der Waals surface area contributed by atoms with Gasteiger partial charge in [0.15, 0.2) is 0 Å². The highest BCUT2D eigenvalue weighted by atomic mass is 32.2. The van der Waals surface area contributed by atoms with Crippen LogP contribution in [-0.4, -0.2) is 51.0 Å². The molecule has 3 aliphatic rings. The zero-order valence-electron chi connectivity index (χ0n) is 17.9. The summed E-state index contributed by atoms with van der Waals surface area (Å²) in [6, 6.07) is 7.17. The summed E-state index contributed by atoms with van der Waals surface area (Å²) in [5.41, 5.74) is 1.31. The fourth-order valence-electron chi connectivity index (χ4n) is 4.85. The molecular formula is C24H25FN2O5S. The molecule has 3 unspecified atom stereocenters. The summed E-state index contributed by atoms with van der Waals surface area (Å²) in [5, 5.41) is 10.0. The number of hydrogen-bond acceptors (Lipinski definition) is 4. The highest BCUT2D eigenvalue weighted by molar-refractivity contribution is 7.81. The predicted molar refractivity (Wildman–Crippen MR) is 124 cm³/mol. The predicted octanol–water partition coefficient (Wildman–Crippen LogP) is 4.40. The van der Waals surface area contributed by atoms with Gasteiger partial charge >= 0.3 is 5.97 Å². The summed E-state index contributed by atoms with van der Waals surface area (Å²) in [4.78, 5) is 14.5. The van der Waals surface area contributed by atoms with E-state index in [1.54, 1.807) is 18.2 Å². The Hall–Kier alpha value is -2.75. The first-order valence-electron chi connectivity index (χ1n) is 11.1. The fraction of sp³-hybridized carbons (Fsp3) is 0.375. The molecule has 1 saturated carbocycles. The molecule has 0 aromatic heterocycles. The van der Waals surface area contributed by atoms with E-state index in [2.05, 4.69) is 4.90 Å².